The van der Waals surface area contributed by atoms with Crippen LogP contribution in [0.15, 0.2) is 0 Å². The van der Waals surface area contributed by atoms with E-state index >= 15 is 0 Å². The molecule has 1 heterocycles. The van der Waals surface area contributed by atoms with Gasteiger partial charge in [-0.15, -0.1) is 0 Å². The standard InChI is InChI=1S/C14H27N3O2S/c1-6-13-12(10-15-5)14(7-2)17(16-13)8-9-20(18,19)11(3)4/h11,15H,6-10H2,1-5H3. The van der Waals surface area contributed by atoms with Crippen LogP contribution in [0.3, 0.4) is 0 Å². The number of hydrogen-bond acceptors (Lipinski definition) is 4. The normalized spacial score (nSPS) is 12.3. The van der Waals surface area contributed by atoms with Gasteiger partial charge in [-0.2, -0.15) is 5.10 Å². The van der Waals surface area contributed by atoms with Gasteiger partial charge in [0.25, 0.3) is 0 Å². The van der Waals surface area contributed by atoms with Crippen LogP contribution in [0.1, 0.15) is 44.6 Å². The van der Waals surface area contributed by atoms with Gasteiger partial charge in [0, 0.05) is 17.8 Å². The van der Waals surface area contributed by atoms with Crippen LogP contribution in [0.5, 0.6) is 0 Å². The van der Waals surface area contributed by atoms with E-state index in [0.717, 1.165) is 30.8 Å². The molecule has 1 N–H and O–H groups in total. The Morgan fingerprint density at radius 1 is 1.25 bits per heavy atom. The third kappa shape index (κ3) is 3.82. The Morgan fingerprint density at radius 3 is 2.35 bits per heavy atom. The van der Waals surface area contributed by atoms with E-state index in [1.54, 1.807) is 13.8 Å². The first kappa shape index (κ1) is 17.2. The van der Waals surface area contributed by atoms with Crippen LogP contribution in [0.25, 0.3) is 0 Å². The van der Waals surface area contributed by atoms with E-state index in [-0.39, 0.29) is 11.0 Å². The Labute approximate surface area is 122 Å². The number of aromatic nitrogens is 2. The number of rotatable bonds is 8. The number of aryl methyl sites for hydroxylation is 2. The predicted molar refractivity (Wildman–Crippen MR) is 82.7 cm³/mol. The molecule has 0 aliphatic carbocycles. The van der Waals surface area contributed by atoms with Gasteiger partial charge < -0.3 is 5.32 Å². The zero-order chi connectivity index (χ0) is 15.3. The minimum atomic E-state index is -3.02. The van der Waals surface area contributed by atoms with Crippen molar-refractivity contribution in [3.05, 3.63) is 17.0 Å². The van der Waals surface area contributed by atoms with E-state index in [1.807, 2.05) is 11.7 Å². The zero-order valence-corrected chi connectivity index (χ0v) is 14.0. The molecule has 0 aliphatic heterocycles. The Hall–Kier alpha value is -0.880. The lowest BCUT2D eigenvalue weighted by molar-refractivity contribution is 0.565. The van der Waals surface area contributed by atoms with E-state index in [4.69, 9.17) is 0 Å². The molecule has 0 aromatic carbocycles. The molecule has 0 saturated heterocycles. The molecule has 5 nitrogen and oxygen atoms in total. The summed E-state index contributed by atoms with van der Waals surface area (Å²) in [5, 5.41) is 7.43. The molecule has 0 fully saturated rings. The summed E-state index contributed by atoms with van der Waals surface area (Å²) in [7, 11) is -1.10. The molecule has 0 bridgehead atoms. The molecule has 0 spiro atoms. The monoisotopic (exact) mass is 301 g/mol. The van der Waals surface area contributed by atoms with E-state index < -0.39 is 9.84 Å². The second-order valence-corrected chi connectivity index (χ2v) is 7.93. The topological polar surface area (TPSA) is 64.0 Å². The molecule has 116 valence electrons. The lowest BCUT2D eigenvalue weighted by Gasteiger charge is -2.10. The van der Waals surface area contributed by atoms with E-state index in [9.17, 15) is 8.42 Å². The minimum Gasteiger partial charge on any atom is -0.316 e. The Bertz CT molecular complexity index is 533. The summed E-state index contributed by atoms with van der Waals surface area (Å²) in [6.45, 7) is 8.84. The minimum absolute atomic E-state index is 0.154. The quantitative estimate of drug-likeness (QED) is 0.791. The van der Waals surface area contributed by atoms with Crippen molar-refractivity contribution in [3.8, 4) is 0 Å². The first-order valence-electron chi connectivity index (χ1n) is 7.30. The van der Waals surface area contributed by atoms with Gasteiger partial charge in [-0.3, -0.25) is 4.68 Å². The van der Waals surface area contributed by atoms with Gasteiger partial charge in [0.05, 0.1) is 23.2 Å². The molecule has 1 aromatic heterocycles. The maximum Gasteiger partial charge on any atom is 0.154 e. The summed E-state index contributed by atoms with van der Waals surface area (Å²) in [6.07, 6.45) is 1.74. The summed E-state index contributed by atoms with van der Waals surface area (Å²) in [4.78, 5) is 0. The Kier molecular flexibility index (Phi) is 6.20. The average Bonchev–Trinajstić information content (AvgIpc) is 2.74. The molecule has 1 aromatic rings. The third-order valence-electron chi connectivity index (χ3n) is 3.58. The van der Waals surface area contributed by atoms with Crippen molar-refractivity contribution < 1.29 is 8.42 Å². The Morgan fingerprint density at radius 2 is 1.90 bits per heavy atom. The van der Waals surface area contributed by atoms with Crippen LogP contribution >= 0.6 is 0 Å². The fraction of sp³-hybridized carbons (Fsp3) is 0.786. The van der Waals surface area contributed by atoms with Crippen LogP contribution in [0.4, 0.5) is 0 Å². The summed E-state index contributed by atoms with van der Waals surface area (Å²) in [5.74, 6) is 0.154. The molecule has 1 rings (SSSR count). The Balaban J connectivity index is 3.01. The maximum absolute atomic E-state index is 11.9. The lowest BCUT2D eigenvalue weighted by Crippen LogP contribution is -2.22. The van der Waals surface area contributed by atoms with Crippen molar-refractivity contribution in [3.63, 3.8) is 0 Å². The fourth-order valence-electron chi connectivity index (χ4n) is 2.28. The van der Waals surface area contributed by atoms with Crippen LogP contribution in [0.2, 0.25) is 0 Å². The van der Waals surface area contributed by atoms with Crippen molar-refractivity contribution in [1.29, 1.82) is 0 Å². The van der Waals surface area contributed by atoms with Gasteiger partial charge >= 0.3 is 0 Å². The largest absolute Gasteiger partial charge is 0.316 e. The molecule has 0 amide bonds. The van der Waals surface area contributed by atoms with E-state index in [2.05, 4.69) is 24.3 Å². The van der Waals surface area contributed by atoms with Crippen LogP contribution in [0, 0.1) is 0 Å². The number of nitrogens with one attached hydrogen (secondary N) is 1. The van der Waals surface area contributed by atoms with Crippen molar-refractivity contribution in [2.45, 2.75) is 58.9 Å². The molecule has 0 radical (unpaired) electrons. The highest BCUT2D eigenvalue weighted by Crippen LogP contribution is 2.16. The molecule has 0 atom stereocenters. The van der Waals surface area contributed by atoms with Crippen LogP contribution in [-0.2, 0) is 35.8 Å². The van der Waals surface area contributed by atoms with E-state index in [0.29, 0.717) is 6.54 Å². The molecule has 20 heavy (non-hydrogen) atoms. The first-order valence-corrected chi connectivity index (χ1v) is 9.02. The van der Waals surface area contributed by atoms with Crippen molar-refractivity contribution in [2.75, 3.05) is 12.8 Å². The van der Waals surface area contributed by atoms with Gasteiger partial charge in [-0.1, -0.05) is 13.8 Å². The summed E-state index contributed by atoms with van der Waals surface area (Å²) in [6, 6.07) is 0. The van der Waals surface area contributed by atoms with Gasteiger partial charge in [0.1, 0.15) is 0 Å². The second-order valence-electron chi connectivity index (χ2n) is 5.25. The van der Waals surface area contributed by atoms with Crippen LogP contribution in [-0.4, -0.2) is 36.2 Å². The lowest BCUT2D eigenvalue weighted by atomic mass is 10.1. The van der Waals surface area contributed by atoms with E-state index in [1.165, 1.54) is 5.56 Å². The van der Waals surface area contributed by atoms with Crippen molar-refractivity contribution in [2.24, 2.45) is 0 Å². The van der Waals surface area contributed by atoms with Gasteiger partial charge in [0.2, 0.25) is 0 Å². The van der Waals surface area contributed by atoms with Gasteiger partial charge in [0.15, 0.2) is 9.84 Å². The molecular weight excluding hydrogens is 274 g/mol. The highest BCUT2D eigenvalue weighted by atomic mass is 32.2. The third-order valence-corrected chi connectivity index (χ3v) is 5.77. The summed E-state index contributed by atoms with van der Waals surface area (Å²) >= 11 is 0. The zero-order valence-electron chi connectivity index (χ0n) is 13.2. The first-order chi connectivity index (χ1) is 9.37. The number of sulfone groups is 1. The highest BCUT2D eigenvalue weighted by Gasteiger charge is 2.19. The van der Waals surface area contributed by atoms with Gasteiger partial charge in [-0.05, 0) is 33.7 Å². The van der Waals surface area contributed by atoms with Crippen molar-refractivity contribution >= 4 is 9.84 Å². The maximum atomic E-state index is 11.9. The summed E-state index contributed by atoms with van der Waals surface area (Å²) in [5.41, 5.74) is 3.44. The highest BCUT2D eigenvalue weighted by molar-refractivity contribution is 7.91. The fourth-order valence-corrected chi connectivity index (χ4v) is 3.18. The smallest absolute Gasteiger partial charge is 0.154 e. The SMILES string of the molecule is CCc1nn(CCS(=O)(=O)C(C)C)c(CC)c1CNC. The number of hydrogen-bond donors (Lipinski definition) is 1. The molecular formula is C14H27N3O2S. The van der Waals surface area contributed by atoms with Gasteiger partial charge in [-0.25, -0.2) is 8.42 Å². The molecule has 0 saturated carbocycles. The molecule has 6 heteroatoms. The summed E-state index contributed by atoms with van der Waals surface area (Å²) < 4.78 is 25.8. The second kappa shape index (κ2) is 7.22. The number of nitrogens with zero attached hydrogens (tertiary/aromatic N) is 2. The van der Waals surface area contributed by atoms with Crippen molar-refractivity contribution in [1.82, 2.24) is 15.1 Å². The van der Waals surface area contributed by atoms with Crippen LogP contribution < -0.4 is 5.32 Å². The molecule has 0 unspecified atom stereocenters. The average molecular weight is 301 g/mol. The molecule has 0 aliphatic rings. The predicted octanol–water partition coefficient (Wildman–Crippen LogP) is 1.55.